The zero-order chi connectivity index (χ0) is 12.9. The first-order valence-electron chi connectivity index (χ1n) is 6.33. The van der Waals surface area contributed by atoms with Crippen molar-refractivity contribution in [2.45, 2.75) is 43.9 Å². The van der Waals surface area contributed by atoms with Crippen LogP contribution in [0, 0.1) is 0 Å². The van der Waals surface area contributed by atoms with Crippen molar-refractivity contribution in [1.29, 1.82) is 0 Å². The van der Waals surface area contributed by atoms with Crippen LogP contribution in [-0.2, 0) is 23.1 Å². The number of hydrogen-bond donors (Lipinski definition) is 2. The summed E-state index contributed by atoms with van der Waals surface area (Å²) in [5.74, 6) is -0.667. The second-order valence-corrected chi connectivity index (χ2v) is 6.17. The van der Waals surface area contributed by atoms with E-state index in [1.807, 2.05) is 6.07 Å². The number of carboxylic acid groups (broad SMARTS) is 1. The van der Waals surface area contributed by atoms with Crippen molar-refractivity contribution >= 4 is 21.9 Å². The third kappa shape index (κ3) is 1.58. The summed E-state index contributed by atoms with van der Waals surface area (Å²) in [6.07, 6.45) is 5.37. The maximum atomic E-state index is 11.5. The Morgan fingerprint density at radius 2 is 1.94 bits per heavy atom. The third-order valence-corrected chi connectivity index (χ3v) is 4.82. The molecule has 96 valence electrons. The number of benzene rings is 1. The minimum atomic E-state index is -0.824. The standard InChI is InChI=1S/C14H15BrO3/c15-10-7-8-3-1-2-4-9(8)11(12(10)16)14(5-6-14)13(17)18/h7,16H,1-6H2,(H,17,18). The van der Waals surface area contributed by atoms with Gasteiger partial charge in [0.15, 0.2) is 0 Å². The summed E-state index contributed by atoms with van der Waals surface area (Å²) in [5.41, 5.74) is 2.14. The van der Waals surface area contributed by atoms with Crippen LogP contribution >= 0.6 is 15.9 Å². The van der Waals surface area contributed by atoms with E-state index < -0.39 is 11.4 Å². The summed E-state index contributed by atoms with van der Waals surface area (Å²) in [4.78, 5) is 11.5. The molecule has 0 radical (unpaired) electrons. The summed E-state index contributed by atoms with van der Waals surface area (Å²) >= 11 is 3.35. The highest BCUT2D eigenvalue weighted by molar-refractivity contribution is 9.10. The number of aliphatic carboxylic acids is 1. The van der Waals surface area contributed by atoms with E-state index in [2.05, 4.69) is 15.9 Å². The van der Waals surface area contributed by atoms with Crippen LogP contribution in [0.15, 0.2) is 10.5 Å². The molecule has 0 aromatic heterocycles. The van der Waals surface area contributed by atoms with Gasteiger partial charge in [0.2, 0.25) is 0 Å². The lowest BCUT2D eigenvalue weighted by molar-refractivity contribution is -0.140. The van der Waals surface area contributed by atoms with E-state index in [0.29, 0.717) is 22.9 Å². The smallest absolute Gasteiger partial charge is 0.314 e. The van der Waals surface area contributed by atoms with Gasteiger partial charge in [0.05, 0.1) is 9.89 Å². The predicted octanol–water partition coefficient (Wildman–Crippen LogP) is 3.15. The first-order valence-corrected chi connectivity index (χ1v) is 7.12. The summed E-state index contributed by atoms with van der Waals surface area (Å²) in [7, 11) is 0. The quantitative estimate of drug-likeness (QED) is 0.882. The summed E-state index contributed by atoms with van der Waals surface area (Å²) in [6.45, 7) is 0. The summed E-state index contributed by atoms with van der Waals surface area (Å²) in [6, 6.07) is 1.95. The molecule has 0 heterocycles. The number of carboxylic acids is 1. The molecule has 0 atom stereocenters. The average Bonchev–Trinajstić information content (AvgIpc) is 3.12. The topological polar surface area (TPSA) is 57.5 Å². The van der Waals surface area contributed by atoms with E-state index in [-0.39, 0.29) is 5.75 Å². The van der Waals surface area contributed by atoms with Crippen molar-refractivity contribution in [2.24, 2.45) is 0 Å². The zero-order valence-corrected chi connectivity index (χ0v) is 11.6. The van der Waals surface area contributed by atoms with Crippen molar-refractivity contribution in [3.63, 3.8) is 0 Å². The second kappa shape index (κ2) is 3.98. The highest BCUT2D eigenvalue weighted by Gasteiger charge is 2.54. The Bertz CT molecular complexity index is 532. The Morgan fingerprint density at radius 1 is 1.28 bits per heavy atom. The maximum absolute atomic E-state index is 11.5. The Hall–Kier alpha value is -1.03. The van der Waals surface area contributed by atoms with Crippen molar-refractivity contribution in [3.8, 4) is 5.75 Å². The van der Waals surface area contributed by atoms with Crippen molar-refractivity contribution in [1.82, 2.24) is 0 Å². The first kappa shape index (κ1) is 12.0. The number of aryl methyl sites for hydroxylation is 1. The molecular weight excluding hydrogens is 296 g/mol. The molecule has 18 heavy (non-hydrogen) atoms. The van der Waals surface area contributed by atoms with Gasteiger partial charge < -0.3 is 10.2 Å². The van der Waals surface area contributed by atoms with Crippen molar-refractivity contribution < 1.29 is 15.0 Å². The van der Waals surface area contributed by atoms with Crippen molar-refractivity contribution in [2.75, 3.05) is 0 Å². The maximum Gasteiger partial charge on any atom is 0.314 e. The molecule has 1 saturated carbocycles. The van der Waals surface area contributed by atoms with Crippen LogP contribution < -0.4 is 0 Å². The number of halogens is 1. The van der Waals surface area contributed by atoms with Crippen LogP contribution in [0.1, 0.15) is 42.4 Å². The van der Waals surface area contributed by atoms with Gasteiger partial charge in [-0.1, -0.05) is 0 Å². The highest BCUT2D eigenvalue weighted by Crippen LogP contribution is 2.55. The average molecular weight is 311 g/mol. The molecule has 4 heteroatoms. The van der Waals surface area contributed by atoms with E-state index in [1.54, 1.807) is 0 Å². The molecule has 1 aromatic rings. The molecule has 1 aromatic carbocycles. The number of phenols is 1. The van der Waals surface area contributed by atoms with Gasteiger partial charge in [0.1, 0.15) is 5.75 Å². The van der Waals surface area contributed by atoms with Crippen LogP contribution in [0.5, 0.6) is 5.75 Å². The molecule has 0 saturated heterocycles. The molecule has 1 fully saturated rings. The van der Waals surface area contributed by atoms with Gasteiger partial charge >= 0.3 is 5.97 Å². The normalized spacial score (nSPS) is 20.3. The highest BCUT2D eigenvalue weighted by atomic mass is 79.9. The fourth-order valence-corrected chi connectivity index (χ4v) is 3.54. The van der Waals surface area contributed by atoms with E-state index in [9.17, 15) is 15.0 Å². The lowest BCUT2D eigenvalue weighted by Gasteiger charge is -2.24. The SMILES string of the molecule is O=C(O)C1(c2c(O)c(Br)cc3c2CCCC3)CC1. The Balaban J connectivity index is 2.24. The predicted molar refractivity (Wildman–Crippen MR) is 71.0 cm³/mol. The number of rotatable bonds is 2. The molecule has 2 N–H and O–H groups in total. The van der Waals surface area contributed by atoms with Crippen LogP contribution in [-0.4, -0.2) is 16.2 Å². The van der Waals surface area contributed by atoms with E-state index in [0.717, 1.165) is 31.2 Å². The molecule has 3 nitrogen and oxygen atoms in total. The van der Waals surface area contributed by atoms with Gasteiger partial charge in [0.25, 0.3) is 0 Å². The molecule has 2 aliphatic carbocycles. The fraction of sp³-hybridized carbons (Fsp3) is 0.500. The van der Waals surface area contributed by atoms with Crippen molar-refractivity contribution in [3.05, 3.63) is 27.2 Å². The molecule has 2 aliphatic rings. The molecular formula is C14H15BrO3. The van der Waals surface area contributed by atoms with Gasteiger partial charge in [0, 0.05) is 5.56 Å². The van der Waals surface area contributed by atoms with Crippen LogP contribution in [0.25, 0.3) is 0 Å². The minimum absolute atomic E-state index is 0.135. The second-order valence-electron chi connectivity index (χ2n) is 5.31. The van der Waals surface area contributed by atoms with Gasteiger partial charge in [-0.25, -0.2) is 0 Å². The fourth-order valence-electron chi connectivity index (χ4n) is 3.07. The molecule has 0 bridgehead atoms. The van der Waals surface area contributed by atoms with Gasteiger partial charge in [-0.2, -0.15) is 0 Å². The number of aromatic hydroxyl groups is 1. The Morgan fingerprint density at radius 3 is 2.56 bits per heavy atom. The third-order valence-electron chi connectivity index (χ3n) is 4.21. The Kier molecular flexibility index (Phi) is 2.66. The Labute approximate surface area is 114 Å². The van der Waals surface area contributed by atoms with Crippen LogP contribution in [0.3, 0.4) is 0 Å². The van der Waals surface area contributed by atoms with E-state index in [1.165, 1.54) is 5.56 Å². The largest absolute Gasteiger partial charge is 0.506 e. The zero-order valence-electron chi connectivity index (χ0n) is 10.0. The summed E-state index contributed by atoms with van der Waals surface area (Å²) < 4.78 is 0.630. The van der Waals surface area contributed by atoms with E-state index in [4.69, 9.17) is 0 Å². The number of hydrogen-bond acceptors (Lipinski definition) is 2. The molecule has 0 spiro atoms. The van der Waals surface area contributed by atoms with Crippen LogP contribution in [0.4, 0.5) is 0 Å². The molecule has 3 rings (SSSR count). The molecule has 0 unspecified atom stereocenters. The minimum Gasteiger partial charge on any atom is -0.506 e. The van der Waals surface area contributed by atoms with Gasteiger partial charge in [-0.15, -0.1) is 0 Å². The van der Waals surface area contributed by atoms with E-state index >= 15 is 0 Å². The summed E-state index contributed by atoms with van der Waals surface area (Å²) in [5, 5.41) is 19.7. The first-order chi connectivity index (χ1) is 8.56. The molecule has 0 amide bonds. The number of carbonyl (C=O) groups is 1. The lowest BCUT2D eigenvalue weighted by atomic mass is 9.81. The van der Waals surface area contributed by atoms with Gasteiger partial charge in [-0.3, -0.25) is 4.79 Å². The molecule has 0 aliphatic heterocycles. The van der Waals surface area contributed by atoms with Crippen LogP contribution in [0.2, 0.25) is 0 Å². The monoisotopic (exact) mass is 310 g/mol. The number of fused-ring (bicyclic) bond motifs is 1. The van der Waals surface area contributed by atoms with Gasteiger partial charge in [-0.05, 0) is 71.6 Å². The lowest BCUT2D eigenvalue weighted by Crippen LogP contribution is -2.23. The number of phenolic OH excluding ortho intramolecular Hbond substituents is 1.